The Morgan fingerprint density at radius 2 is 1.77 bits per heavy atom. The molecule has 1 unspecified atom stereocenters. The first-order valence-electron chi connectivity index (χ1n) is 6.78. The summed E-state index contributed by atoms with van der Waals surface area (Å²) in [5.41, 5.74) is 0. The van der Waals surface area contributed by atoms with Crippen LogP contribution < -0.4 is 5.32 Å². The van der Waals surface area contributed by atoms with Crippen LogP contribution in [0, 0.1) is 5.92 Å². The number of halogens is 6. The lowest BCUT2D eigenvalue weighted by Gasteiger charge is -2.37. The molecule has 2 rings (SSSR count). The van der Waals surface area contributed by atoms with E-state index in [1.54, 1.807) is 4.90 Å². The van der Waals surface area contributed by atoms with E-state index in [1.165, 1.54) is 4.90 Å². The molecule has 0 bridgehead atoms. The Labute approximate surface area is 139 Å². The molecule has 132 valence electrons. The Kier molecular flexibility index (Phi) is 8.97. The highest BCUT2D eigenvalue weighted by molar-refractivity contribution is 5.85. The third-order valence-electron chi connectivity index (χ3n) is 3.85. The van der Waals surface area contributed by atoms with Gasteiger partial charge in [0.2, 0.25) is 5.91 Å². The second-order valence-corrected chi connectivity index (χ2v) is 5.35. The zero-order chi connectivity index (χ0) is 14.8. The van der Waals surface area contributed by atoms with Crippen molar-refractivity contribution in [3.8, 4) is 0 Å². The minimum atomic E-state index is -3.98. The van der Waals surface area contributed by atoms with Crippen molar-refractivity contribution in [1.82, 2.24) is 15.1 Å². The second kappa shape index (κ2) is 9.10. The number of carbonyl (C=O) groups is 1. The molecule has 1 N–H and O–H groups in total. The van der Waals surface area contributed by atoms with Crippen LogP contribution in [0.4, 0.5) is 17.6 Å². The highest BCUT2D eigenvalue weighted by atomic mass is 35.5. The van der Waals surface area contributed by atoms with Crippen LogP contribution in [0.3, 0.4) is 0 Å². The van der Waals surface area contributed by atoms with E-state index in [1.807, 2.05) is 0 Å². The van der Waals surface area contributed by atoms with Crippen LogP contribution >= 0.6 is 24.8 Å². The lowest BCUT2D eigenvalue weighted by atomic mass is 10.1. The molecule has 2 saturated heterocycles. The van der Waals surface area contributed by atoms with Gasteiger partial charge in [0.25, 0.3) is 0 Å². The first-order chi connectivity index (χ1) is 9.40. The largest absolute Gasteiger partial charge is 0.340 e. The van der Waals surface area contributed by atoms with Crippen molar-refractivity contribution in [3.63, 3.8) is 0 Å². The van der Waals surface area contributed by atoms with Gasteiger partial charge in [0, 0.05) is 32.7 Å². The molecule has 4 nitrogen and oxygen atoms in total. The molecule has 10 heteroatoms. The molecule has 0 radical (unpaired) electrons. The quantitative estimate of drug-likeness (QED) is 0.762. The lowest BCUT2D eigenvalue weighted by molar-refractivity contribution is -0.149. The molecule has 1 atom stereocenters. The summed E-state index contributed by atoms with van der Waals surface area (Å²) in [5, 5.41) is 3.10. The normalized spacial score (nSPS) is 23.1. The lowest BCUT2D eigenvalue weighted by Crippen LogP contribution is -2.53. The molecule has 0 aliphatic carbocycles. The second-order valence-electron chi connectivity index (χ2n) is 5.35. The van der Waals surface area contributed by atoms with Crippen LogP contribution in [-0.2, 0) is 4.79 Å². The monoisotopic (exact) mass is 369 g/mol. The Morgan fingerprint density at radius 3 is 2.23 bits per heavy atom. The Balaban J connectivity index is 0.00000220. The van der Waals surface area contributed by atoms with Gasteiger partial charge >= 0.3 is 12.3 Å². The van der Waals surface area contributed by atoms with E-state index in [9.17, 15) is 22.4 Å². The summed E-state index contributed by atoms with van der Waals surface area (Å²) < 4.78 is 50.2. The molecule has 2 aliphatic rings. The molecule has 0 aromatic heterocycles. The first kappa shape index (κ1) is 21.7. The molecule has 0 saturated carbocycles. The van der Waals surface area contributed by atoms with Crippen molar-refractivity contribution in [2.24, 2.45) is 5.92 Å². The van der Waals surface area contributed by atoms with Crippen LogP contribution in [0.1, 0.15) is 6.42 Å². The highest BCUT2D eigenvalue weighted by Gasteiger charge is 2.43. The average Bonchev–Trinajstić information content (AvgIpc) is 2.92. The van der Waals surface area contributed by atoms with Gasteiger partial charge in [-0.05, 0) is 13.0 Å². The zero-order valence-corrected chi connectivity index (χ0v) is 13.6. The Morgan fingerprint density at radius 1 is 1.18 bits per heavy atom. The van der Waals surface area contributed by atoms with Gasteiger partial charge in [-0.2, -0.15) is 8.78 Å². The maximum atomic E-state index is 13.0. The fourth-order valence-electron chi connectivity index (χ4n) is 2.62. The smallest absolute Gasteiger partial charge is 0.319 e. The van der Waals surface area contributed by atoms with E-state index in [0.717, 1.165) is 13.0 Å². The van der Waals surface area contributed by atoms with Gasteiger partial charge in [0.1, 0.15) is 0 Å². The van der Waals surface area contributed by atoms with Crippen LogP contribution in [0.5, 0.6) is 0 Å². The van der Waals surface area contributed by atoms with E-state index in [-0.39, 0.29) is 49.7 Å². The van der Waals surface area contributed by atoms with E-state index in [2.05, 4.69) is 5.32 Å². The van der Waals surface area contributed by atoms with Crippen molar-refractivity contribution < 1.29 is 22.4 Å². The Hall–Kier alpha value is -0.310. The third kappa shape index (κ3) is 5.40. The van der Waals surface area contributed by atoms with Crippen LogP contribution in [0.25, 0.3) is 0 Å². The number of rotatable bonds is 4. The minimum absolute atomic E-state index is 0. The number of nitrogens with one attached hydrogen (secondary N) is 1. The van der Waals surface area contributed by atoms with Crippen molar-refractivity contribution in [3.05, 3.63) is 0 Å². The summed E-state index contributed by atoms with van der Waals surface area (Å²) in [5.74, 6) is -3.99. The van der Waals surface area contributed by atoms with E-state index >= 15 is 0 Å². The van der Waals surface area contributed by atoms with Crippen molar-refractivity contribution in [1.29, 1.82) is 0 Å². The summed E-state index contributed by atoms with van der Waals surface area (Å²) >= 11 is 0. The topological polar surface area (TPSA) is 35.6 Å². The van der Waals surface area contributed by atoms with Gasteiger partial charge in [0.05, 0.1) is 12.5 Å². The van der Waals surface area contributed by atoms with Crippen molar-refractivity contribution >= 4 is 30.7 Å². The fraction of sp³-hybridized carbons (Fsp3) is 0.917. The van der Waals surface area contributed by atoms with Gasteiger partial charge in [-0.15, -0.1) is 24.8 Å². The molecule has 1 amide bonds. The molecular weight excluding hydrogens is 349 g/mol. The van der Waals surface area contributed by atoms with E-state index in [0.29, 0.717) is 19.6 Å². The van der Waals surface area contributed by atoms with E-state index in [4.69, 9.17) is 0 Å². The van der Waals surface area contributed by atoms with Crippen molar-refractivity contribution in [2.75, 3.05) is 45.8 Å². The summed E-state index contributed by atoms with van der Waals surface area (Å²) in [6.07, 6.45) is -2.85. The average molecular weight is 370 g/mol. The molecule has 0 aromatic rings. The van der Waals surface area contributed by atoms with Gasteiger partial charge in [-0.25, -0.2) is 8.78 Å². The van der Waals surface area contributed by atoms with Gasteiger partial charge in [0.15, 0.2) is 0 Å². The molecule has 2 heterocycles. The number of nitrogens with zero attached hydrogens (tertiary/aromatic N) is 2. The molecule has 2 aliphatic heterocycles. The molecular formula is C12H21Cl2F4N3O. The fourth-order valence-corrected chi connectivity index (χ4v) is 2.62. The number of amides is 1. The van der Waals surface area contributed by atoms with Crippen LogP contribution in [0.2, 0.25) is 0 Å². The zero-order valence-electron chi connectivity index (χ0n) is 11.9. The molecule has 2 fully saturated rings. The molecule has 22 heavy (non-hydrogen) atoms. The maximum Gasteiger partial charge on any atom is 0.319 e. The standard InChI is InChI=1S/C12H19F4N3O.2ClH/c13-11(14)12(15,16)8-18-3-5-19(6-4-18)10(20)9-1-2-17-7-9;;/h9,11,17H,1-8H2;2*1H. The SMILES string of the molecule is Cl.Cl.O=C(C1CCNC1)N1CCN(CC(F)(F)C(F)F)CC1. The number of carbonyl (C=O) groups excluding carboxylic acids is 1. The summed E-state index contributed by atoms with van der Waals surface area (Å²) in [6, 6.07) is 0. The molecule has 0 aromatic carbocycles. The Bertz CT molecular complexity index is 349. The summed E-state index contributed by atoms with van der Waals surface area (Å²) in [6.45, 7) is 1.61. The predicted molar refractivity (Wildman–Crippen MR) is 79.4 cm³/mol. The first-order valence-corrected chi connectivity index (χ1v) is 6.78. The van der Waals surface area contributed by atoms with Crippen molar-refractivity contribution in [2.45, 2.75) is 18.8 Å². The van der Waals surface area contributed by atoms with Gasteiger partial charge in [-0.3, -0.25) is 9.69 Å². The number of hydrogen-bond donors (Lipinski definition) is 1. The van der Waals surface area contributed by atoms with E-state index < -0.39 is 18.9 Å². The highest BCUT2D eigenvalue weighted by Crippen LogP contribution is 2.24. The predicted octanol–water partition coefficient (Wildman–Crippen LogP) is 1.48. The minimum Gasteiger partial charge on any atom is -0.340 e. The van der Waals surface area contributed by atoms with Gasteiger partial charge < -0.3 is 10.2 Å². The molecule has 0 spiro atoms. The summed E-state index contributed by atoms with van der Waals surface area (Å²) in [7, 11) is 0. The third-order valence-corrected chi connectivity index (χ3v) is 3.85. The number of alkyl halides is 4. The van der Waals surface area contributed by atoms with Gasteiger partial charge in [-0.1, -0.05) is 0 Å². The summed E-state index contributed by atoms with van der Waals surface area (Å²) in [4.78, 5) is 15.0. The van der Waals surface area contributed by atoms with Crippen LogP contribution in [-0.4, -0.2) is 73.9 Å². The maximum absolute atomic E-state index is 13.0. The number of piperazine rings is 1. The number of hydrogen-bond acceptors (Lipinski definition) is 3. The van der Waals surface area contributed by atoms with Crippen LogP contribution in [0.15, 0.2) is 0 Å².